The summed E-state index contributed by atoms with van der Waals surface area (Å²) in [7, 11) is 0. The molecule has 0 fully saturated rings. The molecule has 0 atom stereocenters. The van der Waals surface area contributed by atoms with E-state index in [9.17, 15) is 14.4 Å². The fourth-order valence-electron chi connectivity index (χ4n) is 3.71. The van der Waals surface area contributed by atoms with Crippen molar-refractivity contribution in [3.63, 3.8) is 0 Å². The summed E-state index contributed by atoms with van der Waals surface area (Å²) < 4.78 is 1.18. The molecular weight excluding hydrogens is 392 g/mol. The number of aryl methyl sites for hydroxylation is 2. The summed E-state index contributed by atoms with van der Waals surface area (Å²) in [5, 5.41) is 7.07. The van der Waals surface area contributed by atoms with E-state index in [2.05, 4.69) is 10.4 Å². The van der Waals surface area contributed by atoms with Crippen LogP contribution in [0.3, 0.4) is 0 Å². The molecule has 0 saturated carbocycles. The van der Waals surface area contributed by atoms with Crippen molar-refractivity contribution in [3.8, 4) is 0 Å². The monoisotopic (exact) mass is 416 g/mol. The Kier molecular flexibility index (Phi) is 5.93. The van der Waals surface area contributed by atoms with E-state index in [0.717, 1.165) is 35.3 Å². The van der Waals surface area contributed by atoms with Gasteiger partial charge in [-0.05, 0) is 48.2 Å². The summed E-state index contributed by atoms with van der Waals surface area (Å²) in [6.07, 6.45) is 1.75. The summed E-state index contributed by atoms with van der Waals surface area (Å²) in [4.78, 5) is 39.2. The molecule has 0 bridgehead atoms. The van der Waals surface area contributed by atoms with Gasteiger partial charge in [0.25, 0.3) is 11.5 Å². The number of aromatic nitrogens is 2. The van der Waals surface area contributed by atoms with Crippen LogP contribution in [0.1, 0.15) is 35.0 Å². The second-order valence-corrected chi connectivity index (χ2v) is 7.47. The summed E-state index contributed by atoms with van der Waals surface area (Å²) in [6.45, 7) is 2.72. The third kappa shape index (κ3) is 4.55. The van der Waals surface area contributed by atoms with E-state index < -0.39 is 0 Å². The van der Waals surface area contributed by atoms with Gasteiger partial charge >= 0.3 is 0 Å². The second-order valence-electron chi connectivity index (χ2n) is 7.47. The first-order valence-electron chi connectivity index (χ1n) is 10.4. The minimum atomic E-state index is -0.348. The third-order valence-corrected chi connectivity index (χ3v) is 5.39. The number of para-hydroxylation sites is 1. The zero-order valence-corrected chi connectivity index (χ0v) is 17.4. The first-order chi connectivity index (χ1) is 15.0. The van der Waals surface area contributed by atoms with Gasteiger partial charge in [-0.1, -0.05) is 37.3 Å². The molecule has 1 aliphatic rings. The predicted octanol–water partition coefficient (Wildman–Crippen LogP) is 3.04. The number of nitrogens with zero attached hydrogens (tertiary/aromatic N) is 3. The van der Waals surface area contributed by atoms with Crippen molar-refractivity contribution in [2.75, 3.05) is 16.8 Å². The van der Waals surface area contributed by atoms with E-state index in [-0.39, 0.29) is 36.0 Å². The standard InChI is InChI=1S/C24H24N4O3/c1-2-17-6-5-8-19(16-17)25-22(29)13-15-28-23(30)11-10-20(26-28)24(31)27-14-12-18-7-3-4-9-21(18)27/h3-11,16H,2,12-15H2,1H3,(H,25,29). The van der Waals surface area contributed by atoms with Crippen molar-refractivity contribution in [2.45, 2.75) is 32.7 Å². The Balaban J connectivity index is 1.44. The highest BCUT2D eigenvalue weighted by atomic mass is 16.2. The van der Waals surface area contributed by atoms with Crippen LogP contribution in [0, 0.1) is 0 Å². The van der Waals surface area contributed by atoms with Gasteiger partial charge in [-0.15, -0.1) is 0 Å². The van der Waals surface area contributed by atoms with Gasteiger partial charge in [-0.25, -0.2) is 4.68 Å². The summed E-state index contributed by atoms with van der Waals surface area (Å²) in [6, 6.07) is 18.2. The molecule has 1 aliphatic heterocycles. The number of carbonyl (C=O) groups is 2. The normalized spacial score (nSPS) is 12.5. The summed E-state index contributed by atoms with van der Waals surface area (Å²) in [5.41, 5.74) is 3.69. The Bertz CT molecular complexity index is 1190. The van der Waals surface area contributed by atoms with E-state index >= 15 is 0 Å². The molecule has 31 heavy (non-hydrogen) atoms. The molecular formula is C24H24N4O3. The summed E-state index contributed by atoms with van der Waals surface area (Å²) >= 11 is 0. The maximum absolute atomic E-state index is 13.0. The molecule has 0 spiro atoms. The van der Waals surface area contributed by atoms with Crippen molar-refractivity contribution >= 4 is 23.2 Å². The van der Waals surface area contributed by atoms with Gasteiger partial charge < -0.3 is 10.2 Å². The van der Waals surface area contributed by atoms with Gasteiger partial charge in [-0.3, -0.25) is 14.4 Å². The number of carbonyl (C=O) groups excluding carboxylic acids is 2. The Hall–Kier alpha value is -3.74. The van der Waals surface area contributed by atoms with Crippen molar-refractivity contribution in [3.05, 3.63) is 87.8 Å². The molecule has 4 rings (SSSR count). The number of hydrogen-bond donors (Lipinski definition) is 1. The van der Waals surface area contributed by atoms with E-state index in [1.54, 1.807) is 4.90 Å². The molecule has 3 aromatic rings. The molecule has 2 amide bonds. The largest absolute Gasteiger partial charge is 0.326 e. The lowest BCUT2D eigenvalue weighted by Gasteiger charge is -2.17. The van der Waals surface area contributed by atoms with Gasteiger partial charge in [0.1, 0.15) is 5.69 Å². The van der Waals surface area contributed by atoms with Gasteiger partial charge in [0.2, 0.25) is 5.91 Å². The lowest BCUT2D eigenvalue weighted by molar-refractivity contribution is -0.116. The Morgan fingerprint density at radius 1 is 1.06 bits per heavy atom. The zero-order valence-electron chi connectivity index (χ0n) is 17.4. The minimum absolute atomic E-state index is 0.0768. The van der Waals surface area contributed by atoms with Crippen LogP contribution in [0.2, 0.25) is 0 Å². The minimum Gasteiger partial charge on any atom is -0.326 e. The van der Waals surface area contributed by atoms with E-state index in [1.807, 2.05) is 55.5 Å². The average molecular weight is 416 g/mol. The highest BCUT2D eigenvalue weighted by molar-refractivity contribution is 6.05. The van der Waals surface area contributed by atoms with Crippen LogP contribution in [-0.2, 0) is 24.2 Å². The van der Waals surface area contributed by atoms with Crippen LogP contribution in [0.25, 0.3) is 0 Å². The molecule has 158 valence electrons. The maximum Gasteiger partial charge on any atom is 0.278 e. The topological polar surface area (TPSA) is 84.3 Å². The Morgan fingerprint density at radius 2 is 1.90 bits per heavy atom. The van der Waals surface area contributed by atoms with Crippen molar-refractivity contribution in [1.29, 1.82) is 0 Å². The first kappa shape index (κ1) is 20.5. The van der Waals surface area contributed by atoms with Crippen molar-refractivity contribution in [1.82, 2.24) is 9.78 Å². The molecule has 2 aromatic carbocycles. The SMILES string of the molecule is CCc1cccc(NC(=O)CCn2nc(C(=O)N3CCc4ccccc43)ccc2=O)c1. The molecule has 0 radical (unpaired) electrons. The molecule has 1 N–H and O–H groups in total. The van der Waals surface area contributed by atoms with Crippen molar-refractivity contribution < 1.29 is 9.59 Å². The average Bonchev–Trinajstić information content (AvgIpc) is 3.22. The molecule has 0 saturated heterocycles. The van der Waals surface area contributed by atoms with Crippen LogP contribution in [0.15, 0.2) is 65.5 Å². The highest BCUT2D eigenvalue weighted by Gasteiger charge is 2.26. The Morgan fingerprint density at radius 3 is 2.74 bits per heavy atom. The van der Waals surface area contributed by atoms with Gasteiger partial charge in [0.05, 0.1) is 6.54 Å². The van der Waals surface area contributed by atoms with E-state index in [0.29, 0.717) is 6.54 Å². The number of rotatable bonds is 6. The molecule has 7 nitrogen and oxygen atoms in total. The maximum atomic E-state index is 13.0. The van der Waals surface area contributed by atoms with E-state index in [1.165, 1.54) is 16.8 Å². The number of benzene rings is 2. The van der Waals surface area contributed by atoms with Gasteiger partial charge in [-0.2, -0.15) is 5.10 Å². The fourth-order valence-corrected chi connectivity index (χ4v) is 3.71. The van der Waals surface area contributed by atoms with Gasteiger partial charge in [0, 0.05) is 30.4 Å². The number of fused-ring (bicyclic) bond motifs is 1. The molecule has 0 aliphatic carbocycles. The smallest absolute Gasteiger partial charge is 0.278 e. The third-order valence-electron chi connectivity index (χ3n) is 5.39. The van der Waals surface area contributed by atoms with Crippen LogP contribution in [-0.4, -0.2) is 28.1 Å². The van der Waals surface area contributed by atoms with Crippen molar-refractivity contribution in [2.24, 2.45) is 0 Å². The first-order valence-corrected chi connectivity index (χ1v) is 10.4. The number of amides is 2. The molecule has 7 heteroatoms. The van der Waals surface area contributed by atoms with Crippen LogP contribution >= 0.6 is 0 Å². The quantitative estimate of drug-likeness (QED) is 0.669. The van der Waals surface area contributed by atoms with Crippen LogP contribution in [0.5, 0.6) is 0 Å². The molecule has 2 heterocycles. The lowest BCUT2D eigenvalue weighted by atomic mass is 10.1. The molecule has 1 aromatic heterocycles. The number of nitrogens with one attached hydrogen (secondary N) is 1. The second kappa shape index (κ2) is 8.95. The highest BCUT2D eigenvalue weighted by Crippen LogP contribution is 2.28. The fraction of sp³-hybridized carbons (Fsp3) is 0.250. The van der Waals surface area contributed by atoms with Gasteiger partial charge in [0.15, 0.2) is 0 Å². The van der Waals surface area contributed by atoms with E-state index in [4.69, 9.17) is 0 Å². The van der Waals surface area contributed by atoms with Crippen LogP contribution < -0.4 is 15.8 Å². The summed E-state index contributed by atoms with van der Waals surface area (Å²) in [5.74, 6) is -0.466. The Labute approximate surface area is 180 Å². The number of anilines is 2. The molecule has 0 unspecified atom stereocenters. The van der Waals surface area contributed by atoms with Crippen LogP contribution in [0.4, 0.5) is 11.4 Å². The number of hydrogen-bond acceptors (Lipinski definition) is 4. The zero-order chi connectivity index (χ0) is 21.8. The predicted molar refractivity (Wildman–Crippen MR) is 119 cm³/mol. The lowest BCUT2D eigenvalue weighted by Crippen LogP contribution is -2.33.